The highest BCUT2D eigenvalue weighted by molar-refractivity contribution is 5.80. The topological polar surface area (TPSA) is 79.4 Å². The molecule has 2 aliphatic heterocycles. The minimum atomic E-state index is 0.111. The molecule has 7 heteroatoms. The number of hydrogen-bond acceptors (Lipinski definition) is 6. The van der Waals surface area contributed by atoms with Crippen molar-refractivity contribution in [3.63, 3.8) is 0 Å². The monoisotopic (exact) mass is 305 g/mol. The molecule has 7 nitrogen and oxygen atoms in total. The Morgan fingerprint density at radius 2 is 2.27 bits per heavy atom. The van der Waals surface area contributed by atoms with E-state index in [9.17, 15) is 4.79 Å². The predicted octanol–water partition coefficient (Wildman–Crippen LogP) is -0.176. The molecule has 1 fully saturated rings. The van der Waals surface area contributed by atoms with Crippen LogP contribution < -0.4 is 10.6 Å². The minimum absolute atomic E-state index is 0.111. The van der Waals surface area contributed by atoms with E-state index in [1.54, 1.807) is 13.4 Å². The normalized spacial score (nSPS) is 21.6. The van der Waals surface area contributed by atoms with Gasteiger partial charge in [0.05, 0.1) is 18.3 Å². The number of methoxy groups -OCH3 is 1. The van der Waals surface area contributed by atoms with E-state index in [2.05, 4.69) is 20.6 Å². The van der Waals surface area contributed by atoms with Gasteiger partial charge < -0.3 is 20.3 Å². The van der Waals surface area contributed by atoms with Crippen molar-refractivity contribution in [3.05, 3.63) is 17.6 Å². The quantitative estimate of drug-likeness (QED) is 0.786. The molecule has 0 spiro atoms. The summed E-state index contributed by atoms with van der Waals surface area (Å²) in [5, 5.41) is 6.83. The molecule has 1 saturated heterocycles. The molecule has 0 radical (unpaired) electrons. The maximum absolute atomic E-state index is 12.0. The molecule has 1 atom stereocenters. The lowest BCUT2D eigenvalue weighted by atomic mass is 10.1. The van der Waals surface area contributed by atoms with Crippen LogP contribution in [0.1, 0.15) is 17.7 Å². The summed E-state index contributed by atoms with van der Waals surface area (Å²) < 4.78 is 5.05. The van der Waals surface area contributed by atoms with E-state index in [0.29, 0.717) is 26.1 Å². The molecule has 2 aliphatic rings. The Morgan fingerprint density at radius 3 is 3.14 bits per heavy atom. The van der Waals surface area contributed by atoms with E-state index in [-0.39, 0.29) is 11.9 Å². The zero-order valence-electron chi connectivity index (χ0n) is 13.0. The summed E-state index contributed by atoms with van der Waals surface area (Å²) >= 11 is 0. The molecule has 3 rings (SSSR count). The Kier molecular flexibility index (Phi) is 4.84. The summed E-state index contributed by atoms with van der Waals surface area (Å²) in [5.41, 5.74) is 2.30. The van der Waals surface area contributed by atoms with Crippen molar-refractivity contribution >= 4 is 11.7 Å². The molecular formula is C15H23N5O2. The van der Waals surface area contributed by atoms with E-state index in [1.807, 2.05) is 4.90 Å². The van der Waals surface area contributed by atoms with Crippen LogP contribution >= 0.6 is 0 Å². The standard InChI is InChI=1S/C15H23N5O2/c1-22-7-6-20-9-11(8-14(20)21)19-15-12-2-4-16-5-3-13(12)17-10-18-15/h10-11,16H,2-9H2,1H3,(H,17,18,19)/t11-/m1/s1. The molecule has 1 amide bonds. The van der Waals surface area contributed by atoms with Gasteiger partial charge in [0.2, 0.25) is 5.91 Å². The van der Waals surface area contributed by atoms with Crippen LogP contribution in [0, 0.1) is 0 Å². The highest BCUT2D eigenvalue weighted by Gasteiger charge is 2.30. The van der Waals surface area contributed by atoms with Gasteiger partial charge in [-0.2, -0.15) is 0 Å². The van der Waals surface area contributed by atoms with Crippen LogP contribution in [-0.4, -0.2) is 66.7 Å². The highest BCUT2D eigenvalue weighted by atomic mass is 16.5. The van der Waals surface area contributed by atoms with E-state index in [4.69, 9.17) is 4.74 Å². The fourth-order valence-electron chi connectivity index (χ4n) is 3.08. The first kappa shape index (κ1) is 15.2. The van der Waals surface area contributed by atoms with Gasteiger partial charge in [-0.05, 0) is 13.0 Å². The van der Waals surface area contributed by atoms with Crippen LogP contribution in [0.4, 0.5) is 5.82 Å². The number of nitrogens with zero attached hydrogens (tertiary/aromatic N) is 3. The van der Waals surface area contributed by atoms with Gasteiger partial charge in [0.1, 0.15) is 12.1 Å². The van der Waals surface area contributed by atoms with Gasteiger partial charge in [-0.1, -0.05) is 0 Å². The number of aromatic nitrogens is 2. The van der Waals surface area contributed by atoms with Crippen molar-refractivity contribution in [2.24, 2.45) is 0 Å². The Labute approximate surface area is 130 Å². The number of nitrogens with one attached hydrogen (secondary N) is 2. The molecule has 0 unspecified atom stereocenters. The van der Waals surface area contributed by atoms with Gasteiger partial charge >= 0.3 is 0 Å². The van der Waals surface area contributed by atoms with Crippen LogP contribution in [0.15, 0.2) is 6.33 Å². The summed E-state index contributed by atoms with van der Waals surface area (Å²) in [6.45, 7) is 3.83. The molecule has 2 N–H and O–H groups in total. The van der Waals surface area contributed by atoms with Crippen LogP contribution in [0.5, 0.6) is 0 Å². The molecule has 0 saturated carbocycles. The number of carbonyl (C=O) groups excluding carboxylic acids is 1. The van der Waals surface area contributed by atoms with Crippen molar-refractivity contribution in [2.75, 3.05) is 45.2 Å². The zero-order chi connectivity index (χ0) is 15.4. The minimum Gasteiger partial charge on any atom is -0.383 e. The fraction of sp³-hybridized carbons (Fsp3) is 0.667. The Bertz CT molecular complexity index is 537. The number of ether oxygens (including phenoxy) is 1. The van der Waals surface area contributed by atoms with E-state index >= 15 is 0 Å². The van der Waals surface area contributed by atoms with Crippen molar-refractivity contribution in [2.45, 2.75) is 25.3 Å². The summed E-state index contributed by atoms with van der Waals surface area (Å²) in [7, 11) is 1.65. The second-order valence-corrected chi connectivity index (χ2v) is 5.78. The number of amides is 1. The van der Waals surface area contributed by atoms with Gasteiger partial charge in [0.25, 0.3) is 0 Å². The Hall–Kier alpha value is -1.73. The molecule has 120 valence electrons. The van der Waals surface area contributed by atoms with E-state index in [1.165, 1.54) is 5.56 Å². The Morgan fingerprint density at radius 1 is 1.41 bits per heavy atom. The zero-order valence-corrected chi connectivity index (χ0v) is 13.0. The second kappa shape index (κ2) is 7.02. The second-order valence-electron chi connectivity index (χ2n) is 5.78. The summed E-state index contributed by atoms with van der Waals surface area (Å²) in [5.74, 6) is 1.07. The van der Waals surface area contributed by atoms with Crippen LogP contribution in [0.3, 0.4) is 0 Å². The first-order chi connectivity index (χ1) is 10.8. The molecule has 1 aromatic heterocycles. The number of hydrogen-bond donors (Lipinski definition) is 2. The average Bonchev–Trinajstić information content (AvgIpc) is 2.73. The summed E-state index contributed by atoms with van der Waals surface area (Å²) in [6.07, 6.45) is 3.98. The SMILES string of the molecule is COCCN1C[C@H](Nc2ncnc3c2CCNCC3)CC1=O. The van der Waals surface area contributed by atoms with Gasteiger partial charge in [-0.15, -0.1) is 0 Å². The number of likely N-dealkylation sites (tertiary alicyclic amines) is 1. The number of fused-ring (bicyclic) bond motifs is 1. The number of anilines is 1. The van der Waals surface area contributed by atoms with Gasteiger partial charge in [0, 0.05) is 45.1 Å². The smallest absolute Gasteiger partial charge is 0.224 e. The first-order valence-corrected chi connectivity index (χ1v) is 7.84. The average molecular weight is 305 g/mol. The van der Waals surface area contributed by atoms with Gasteiger partial charge in [-0.25, -0.2) is 9.97 Å². The Balaban J connectivity index is 1.68. The lowest BCUT2D eigenvalue weighted by Crippen LogP contribution is -2.31. The maximum atomic E-state index is 12.0. The van der Waals surface area contributed by atoms with Crippen LogP contribution in [0.25, 0.3) is 0 Å². The van der Waals surface area contributed by atoms with Crippen LogP contribution in [-0.2, 0) is 22.4 Å². The summed E-state index contributed by atoms with van der Waals surface area (Å²) in [4.78, 5) is 22.7. The van der Waals surface area contributed by atoms with E-state index in [0.717, 1.165) is 37.4 Å². The lowest BCUT2D eigenvalue weighted by Gasteiger charge is -2.18. The molecule has 0 bridgehead atoms. The van der Waals surface area contributed by atoms with Gasteiger partial charge in [0.15, 0.2) is 0 Å². The molecular weight excluding hydrogens is 282 g/mol. The van der Waals surface area contributed by atoms with Crippen molar-refractivity contribution in [1.82, 2.24) is 20.2 Å². The van der Waals surface area contributed by atoms with E-state index < -0.39 is 0 Å². The van der Waals surface area contributed by atoms with Crippen molar-refractivity contribution in [3.8, 4) is 0 Å². The first-order valence-electron chi connectivity index (χ1n) is 7.84. The van der Waals surface area contributed by atoms with Crippen molar-refractivity contribution in [1.29, 1.82) is 0 Å². The summed E-state index contributed by atoms with van der Waals surface area (Å²) in [6, 6.07) is 0.111. The molecule has 0 aliphatic carbocycles. The molecule has 0 aromatic carbocycles. The van der Waals surface area contributed by atoms with Gasteiger partial charge in [-0.3, -0.25) is 4.79 Å². The van der Waals surface area contributed by atoms with Crippen LogP contribution in [0.2, 0.25) is 0 Å². The molecule has 3 heterocycles. The molecule has 22 heavy (non-hydrogen) atoms. The third-order valence-electron chi connectivity index (χ3n) is 4.25. The fourth-order valence-corrected chi connectivity index (χ4v) is 3.08. The number of rotatable bonds is 5. The van der Waals surface area contributed by atoms with Crippen molar-refractivity contribution < 1.29 is 9.53 Å². The third kappa shape index (κ3) is 3.36. The third-order valence-corrected chi connectivity index (χ3v) is 4.25. The lowest BCUT2D eigenvalue weighted by molar-refractivity contribution is -0.128. The maximum Gasteiger partial charge on any atom is 0.224 e. The number of carbonyl (C=O) groups is 1. The largest absolute Gasteiger partial charge is 0.383 e. The highest BCUT2D eigenvalue weighted by Crippen LogP contribution is 2.21. The predicted molar refractivity (Wildman–Crippen MR) is 82.8 cm³/mol. The molecule has 1 aromatic rings.